The number of anilines is 1. The molecule has 7 nitrogen and oxygen atoms in total. The van der Waals surface area contributed by atoms with E-state index >= 15 is 0 Å². The van der Waals surface area contributed by atoms with Crippen molar-refractivity contribution in [3.8, 4) is 5.88 Å². The SMILES string of the molecule is CCc1ccc(OCC(O)c2cnc(N)nc2C2CCN(CC)CC2)nc1C(F)(F)F. The zero-order valence-electron chi connectivity index (χ0n) is 17.7. The third-order valence-electron chi connectivity index (χ3n) is 5.64. The Balaban J connectivity index is 1.75. The Bertz CT molecular complexity index is 886. The highest BCUT2D eigenvalue weighted by Crippen LogP contribution is 2.34. The van der Waals surface area contributed by atoms with Crippen LogP contribution in [0.15, 0.2) is 18.3 Å². The minimum atomic E-state index is -4.57. The fourth-order valence-electron chi connectivity index (χ4n) is 3.86. The van der Waals surface area contributed by atoms with Gasteiger partial charge in [-0.1, -0.05) is 19.9 Å². The van der Waals surface area contributed by atoms with Crippen LogP contribution in [-0.2, 0) is 12.6 Å². The number of piperidine rings is 1. The van der Waals surface area contributed by atoms with E-state index in [1.165, 1.54) is 18.3 Å². The molecule has 3 rings (SSSR count). The van der Waals surface area contributed by atoms with Gasteiger partial charge in [-0.3, -0.25) is 0 Å². The number of likely N-dealkylation sites (tertiary alicyclic amines) is 1. The largest absolute Gasteiger partial charge is 0.475 e. The van der Waals surface area contributed by atoms with Crippen LogP contribution in [0.3, 0.4) is 0 Å². The lowest BCUT2D eigenvalue weighted by Gasteiger charge is -2.32. The van der Waals surface area contributed by atoms with E-state index < -0.39 is 18.0 Å². The molecular weight excluding hydrogens is 411 g/mol. The van der Waals surface area contributed by atoms with Gasteiger partial charge < -0.3 is 20.5 Å². The molecule has 10 heteroatoms. The van der Waals surface area contributed by atoms with Crippen molar-refractivity contribution >= 4 is 5.95 Å². The van der Waals surface area contributed by atoms with Crippen LogP contribution < -0.4 is 10.5 Å². The lowest BCUT2D eigenvalue weighted by atomic mass is 9.89. The summed E-state index contributed by atoms with van der Waals surface area (Å²) in [5.41, 5.74) is 6.04. The van der Waals surface area contributed by atoms with E-state index in [0.717, 1.165) is 32.5 Å². The standard InChI is InChI=1S/C21H28F3N5O2/c1-3-13-5-6-17(27-19(13)21(22,23)24)31-12-16(30)15-11-26-20(25)28-18(15)14-7-9-29(4-2)10-8-14/h5-6,11,14,16,30H,3-4,7-10,12H2,1-2H3,(H2,25,26,28). The van der Waals surface area contributed by atoms with Crippen LogP contribution in [0.25, 0.3) is 0 Å². The average Bonchev–Trinajstić information content (AvgIpc) is 2.76. The number of hydrogen-bond acceptors (Lipinski definition) is 7. The number of ether oxygens (including phenoxy) is 1. The number of aromatic nitrogens is 3. The van der Waals surface area contributed by atoms with Crippen molar-refractivity contribution in [2.75, 3.05) is 32.0 Å². The second kappa shape index (κ2) is 9.78. The number of nitrogen functional groups attached to an aromatic ring is 1. The quantitative estimate of drug-likeness (QED) is 0.683. The predicted molar refractivity (Wildman–Crippen MR) is 110 cm³/mol. The summed E-state index contributed by atoms with van der Waals surface area (Å²) < 4.78 is 45.1. The molecule has 1 aliphatic heterocycles. The predicted octanol–water partition coefficient (Wildman–Crippen LogP) is 3.35. The Morgan fingerprint density at radius 1 is 1.23 bits per heavy atom. The van der Waals surface area contributed by atoms with E-state index in [4.69, 9.17) is 10.5 Å². The number of halogens is 3. The number of aliphatic hydroxyl groups excluding tert-OH is 1. The van der Waals surface area contributed by atoms with Gasteiger partial charge in [0.25, 0.3) is 0 Å². The number of aryl methyl sites for hydroxylation is 1. The molecule has 0 radical (unpaired) electrons. The van der Waals surface area contributed by atoms with E-state index in [1.807, 2.05) is 0 Å². The van der Waals surface area contributed by atoms with Crippen molar-refractivity contribution in [2.24, 2.45) is 0 Å². The van der Waals surface area contributed by atoms with Crippen molar-refractivity contribution in [2.45, 2.75) is 51.3 Å². The van der Waals surface area contributed by atoms with Crippen LogP contribution in [0, 0.1) is 0 Å². The molecule has 0 saturated carbocycles. The zero-order valence-corrected chi connectivity index (χ0v) is 17.7. The highest BCUT2D eigenvalue weighted by molar-refractivity contribution is 5.31. The molecule has 1 unspecified atom stereocenters. The number of hydrogen-bond donors (Lipinski definition) is 2. The molecule has 0 aliphatic carbocycles. The Labute approximate surface area is 179 Å². The first-order valence-corrected chi connectivity index (χ1v) is 10.5. The molecule has 1 atom stereocenters. The van der Waals surface area contributed by atoms with Crippen molar-refractivity contribution in [3.05, 3.63) is 40.8 Å². The van der Waals surface area contributed by atoms with Crippen LogP contribution in [0.2, 0.25) is 0 Å². The fraction of sp³-hybridized carbons (Fsp3) is 0.571. The molecular formula is C21H28F3N5O2. The number of pyridine rings is 1. The smallest absolute Gasteiger partial charge is 0.433 e. The molecule has 0 amide bonds. The molecule has 170 valence electrons. The van der Waals surface area contributed by atoms with Crippen LogP contribution >= 0.6 is 0 Å². The van der Waals surface area contributed by atoms with Crippen molar-refractivity contribution in [1.82, 2.24) is 19.9 Å². The summed E-state index contributed by atoms with van der Waals surface area (Å²) in [6, 6.07) is 2.72. The normalized spacial score (nSPS) is 17.0. The second-order valence-corrected chi connectivity index (χ2v) is 7.61. The van der Waals surface area contributed by atoms with E-state index in [-0.39, 0.29) is 36.3 Å². The van der Waals surface area contributed by atoms with Crippen LogP contribution in [0.1, 0.15) is 61.2 Å². The molecule has 1 aliphatic rings. The monoisotopic (exact) mass is 439 g/mol. The summed E-state index contributed by atoms with van der Waals surface area (Å²) in [6.07, 6.45) is -2.28. The third kappa shape index (κ3) is 5.62. The molecule has 2 aromatic heterocycles. The van der Waals surface area contributed by atoms with Gasteiger partial charge in [0.05, 0.1) is 5.69 Å². The summed E-state index contributed by atoms with van der Waals surface area (Å²) in [5, 5.41) is 10.7. The van der Waals surface area contributed by atoms with E-state index in [0.29, 0.717) is 11.3 Å². The molecule has 3 N–H and O–H groups in total. The van der Waals surface area contributed by atoms with Gasteiger partial charge >= 0.3 is 6.18 Å². The Morgan fingerprint density at radius 2 is 1.94 bits per heavy atom. The summed E-state index contributed by atoms with van der Waals surface area (Å²) in [5.74, 6) is 0.0470. The average molecular weight is 439 g/mol. The highest BCUT2D eigenvalue weighted by Gasteiger charge is 2.35. The molecule has 0 aromatic carbocycles. The first-order valence-electron chi connectivity index (χ1n) is 10.5. The lowest BCUT2D eigenvalue weighted by molar-refractivity contribution is -0.142. The van der Waals surface area contributed by atoms with E-state index in [2.05, 4.69) is 26.8 Å². The van der Waals surface area contributed by atoms with Gasteiger partial charge in [-0.2, -0.15) is 13.2 Å². The summed E-state index contributed by atoms with van der Waals surface area (Å²) >= 11 is 0. The number of aliphatic hydroxyl groups is 1. The van der Waals surface area contributed by atoms with E-state index in [9.17, 15) is 18.3 Å². The molecule has 2 aromatic rings. The molecule has 1 saturated heterocycles. The Hall–Kier alpha value is -2.46. The Kier molecular flexibility index (Phi) is 7.32. The third-order valence-corrected chi connectivity index (χ3v) is 5.64. The maximum absolute atomic E-state index is 13.2. The van der Waals surface area contributed by atoms with Crippen LogP contribution in [0.5, 0.6) is 5.88 Å². The number of nitrogens with two attached hydrogens (primary N) is 1. The summed E-state index contributed by atoms with van der Waals surface area (Å²) in [4.78, 5) is 14.3. The maximum atomic E-state index is 13.2. The molecule has 0 bridgehead atoms. The van der Waals surface area contributed by atoms with Crippen molar-refractivity contribution < 1.29 is 23.0 Å². The number of alkyl halides is 3. The van der Waals surface area contributed by atoms with Crippen molar-refractivity contribution in [3.63, 3.8) is 0 Å². The van der Waals surface area contributed by atoms with Gasteiger partial charge in [-0.15, -0.1) is 0 Å². The van der Waals surface area contributed by atoms with Crippen LogP contribution in [-0.4, -0.2) is 51.2 Å². The molecule has 1 fully saturated rings. The minimum absolute atomic E-state index is 0.0908. The second-order valence-electron chi connectivity index (χ2n) is 7.61. The van der Waals surface area contributed by atoms with Gasteiger partial charge in [0, 0.05) is 23.7 Å². The van der Waals surface area contributed by atoms with Crippen molar-refractivity contribution in [1.29, 1.82) is 0 Å². The fourth-order valence-corrected chi connectivity index (χ4v) is 3.86. The number of rotatable bonds is 7. The molecule has 0 spiro atoms. The minimum Gasteiger partial charge on any atom is -0.475 e. The number of nitrogens with zero attached hydrogens (tertiary/aromatic N) is 4. The van der Waals surface area contributed by atoms with E-state index in [1.54, 1.807) is 6.92 Å². The van der Waals surface area contributed by atoms with Gasteiger partial charge in [0.2, 0.25) is 11.8 Å². The highest BCUT2D eigenvalue weighted by atomic mass is 19.4. The maximum Gasteiger partial charge on any atom is 0.433 e. The molecule has 31 heavy (non-hydrogen) atoms. The van der Waals surface area contributed by atoms with Crippen LogP contribution in [0.4, 0.5) is 19.1 Å². The van der Waals surface area contributed by atoms with Gasteiger partial charge in [0.1, 0.15) is 12.7 Å². The van der Waals surface area contributed by atoms with Gasteiger partial charge in [-0.05, 0) is 44.5 Å². The molecule has 3 heterocycles. The lowest BCUT2D eigenvalue weighted by Crippen LogP contribution is -2.33. The van der Waals surface area contributed by atoms with Gasteiger partial charge in [-0.25, -0.2) is 15.0 Å². The topological polar surface area (TPSA) is 97.4 Å². The first kappa shape index (κ1) is 23.2. The summed E-state index contributed by atoms with van der Waals surface area (Å²) in [7, 11) is 0. The summed E-state index contributed by atoms with van der Waals surface area (Å²) in [6.45, 7) is 6.29. The Morgan fingerprint density at radius 3 is 2.55 bits per heavy atom. The first-order chi connectivity index (χ1) is 14.7. The zero-order chi connectivity index (χ0) is 22.6. The van der Waals surface area contributed by atoms with Gasteiger partial charge in [0.15, 0.2) is 5.69 Å².